The van der Waals surface area contributed by atoms with Crippen LogP contribution in [0, 0.1) is 0 Å². The maximum Gasteiger partial charge on any atom is 0.166 e. The molecular formula is C25H35N5O. The van der Waals surface area contributed by atoms with E-state index in [1.54, 1.807) is 0 Å². The van der Waals surface area contributed by atoms with E-state index in [4.69, 9.17) is 15.0 Å². The lowest BCUT2D eigenvalue weighted by atomic mass is 10.0. The van der Waals surface area contributed by atoms with Crippen molar-refractivity contribution >= 4 is 17.0 Å². The number of hydrogen-bond donors (Lipinski definition) is 2. The van der Waals surface area contributed by atoms with Crippen molar-refractivity contribution in [2.24, 2.45) is 0 Å². The van der Waals surface area contributed by atoms with Crippen molar-refractivity contribution in [1.82, 2.24) is 19.5 Å². The summed E-state index contributed by atoms with van der Waals surface area (Å²) in [6.07, 6.45) is 11.8. The molecule has 1 saturated carbocycles. The molecule has 3 aromatic rings. The first-order valence-corrected chi connectivity index (χ1v) is 11.9. The zero-order valence-corrected chi connectivity index (χ0v) is 18.8. The van der Waals surface area contributed by atoms with Gasteiger partial charge in [-0.3, -0.25) is 0 Å². The quantitative estimate of drug-likeness (QED) is 0.408. The third kappa shape index (κ3) is 5.06. The number of hydrogen-bond acceptors (Lipinski definition) is 5. The van der Waals surface area contributed by atoms with Gasteiger partial charge in [-0.2, -0.15) is 0 Å². The second-order valence-corrected chi connectivity index (χ2v) is 8.87. The number of anilines is 1. The monoisotopic (exact) mass is 421 g/mol. The van der Waals surface area contributed by atoms with Gasteiger partial charge < -0.3 is 15.0 Å². The fourth-order valence-electron chi connectivity index (χ4n) is 4.63. The fraction of sp³-hybridized carbons (Fsp3) is 0.560. The molecule has 1 aliphatic carbocycles. The Morgan fingerprint density at radius 1 is 1.10 bits per heavy atom. The van der Waals surface area contributed by atoms with Gasteiger partial charge in [0.15, 0.2) is 17.3 Å². The Labute approximate surface area is 185 Å². The zero-order chi connectivity index (χ0) is 21.6. The van der Waals surface area contributed by atoms with E-state index in [2.05, 4.69) is 16.8 Å². The molecule has 1 fully saturated rings. The second kappa shape index (κ2) is 10.2. The van der Waals surface area contributed by atoms with E-state index in [9.17, 15) is 5.11 Å². The molecule has 2 heterocycles. The van der Waals surface area contributed by atoms with E-state index in [0.29, 0.717) is 11.9 Å². The number of aromatic nitrogens is 4. The average Bonchev–Trinajstić information content (AvgIpc) is 3.44. The normalized spacial score (nSPS) is 16.6. The number of nitrogens with zero attached hydrogens (tertiary/aromatic N) is 4. The number of aliphatic hydroxyl groups excluding tert-OH is 1. The highest BCUT2D eigenvalue weighted by molar-refractivity contribution is 5.85. The van der Waals surface area contributed by atoms with Gasteiger partial charge in [0.05, 0.1) is 18.5 Å². The number of unbranched alkanes of at least 4 members (excludes halogenated alkanes) is 3. The molecule has 2 N–H and O–H groups in total. The molecule has 0 aliphatic heterocycles. The first-order chi connectivity index (χ1) is 15.2. The Morgan fingerprint density at radius 2 is 1.87 bits per heavy atom. The molecule has 4 rings (SSSR count). The van der Waals surface area contributed by atoms with Gasteiger partial charge in [-0.25, -0.2) is 15.0 Å². The van der Waals surface area contributed by atoms with Crippen LogP contribution in [-0.4, -0.2) is 36.8 Å². The van der Waals surface area contributed by atoms with Crippen LogP contribution < -0.4 is 5.32 Å². The number of fused-ring (bicyclic) bond motifs is 1. The highest BCUT2D eigenvalue weighted by Gasteiger charge is 2.24. The van der Waals surface area contributed by atoms with Crippen molar-refractivity contribution in [3.05, 3.63) is 36.7 Å². The Kier molecular flexibility index (Phi) is 7.17. The van der Waals surface area contributed by atoms with Gasteiger partial charge >= 0.3 is 0 Å². The van der Waals surface area contributed by atoms with Gasteiger partial charge in [0.2, 0.25) is 0 Å². The molecule has 6 heteroatoms. The van der Waals surface area contributed by atoms with Crippen LogP contribution in [0.25, 0.3) is 22.6 Å². The number of benzene rings is 1. The van der Waals surface area contributed by atoms with Crippen LogP contribution in [0.15, 0.2) is 36.7 Å². The van der Waals surface area contributed by atoms with Gasteiger partial charge in [-0.15, -0.1) is 0 Å². The summed E-state index contributed by atoms with van der Waals surface area (Å²) in [4.78, 5) is 14.5. The maximum absolute atomic E-state index is 10.6. The second-order valence-electron chi connectivity index (χ2n) is 8.87. The van der Waals surface area contributed by atoms with Crippen LogP contribution >= 0.6 is 0 Å². The Hall–Kier alpha value is -2.47. The van der Waals surface area contributed by atoms with Crippen LogP contribution in [0.4, 0.5) is 5.82 Å². The van der Waals surface area contributed by atoms with Gasteiger partial charge in [0, 0.05) is 11.6 Å². The lowest BCUT2D eigenvalue weighted by Crippen LogP contribution is -2.21. The molecule has 31 heavy (non-hydrogen) atoms. The van der Waals surface area contributed by atoms with E-state index in [-0.39, 0.29) is 6.04 Å². The first kappa shape index (κ1) is 21.8. The van der Waals surface area contributed by atoms with Gasteiger partial charge in [-0.1, -0.05) is 75.8 Å². The molecule has 0 amide bonds. The molecule has 2 atom stereocenters. The number of rotatable bonds is 10. The maximum atomic E-state index is 10.6. The van der Waals surface area contributed by atoms with Crippen LogP contribution in [0.5, 0.6) is 0 Å². The minimum atomic E-state index is -0.472. The number of imidazole rings is 1. The highest BCUT2D eigenvalue weighted by Crippen LogP contribution is 2.31. The Balaban J connectivity index is 1.73. The van der Waals surface area contributed by atoms with E-state index >= 15 is 0 Å². The molecule has 0 unspecified atom stereocenters. The lowest BCUT2D eigenvalue weighted by molar-refractivity contribution is 0.124. The lowest BCUT2D eigenvalue weighted by Gasteiger charge is -2.22. The summed E-state index contributed by atoms with van der Waals surface area (Å²) in [6, 6.07) is 10.5. The van der Waals surface area contributed by atoms with E-state index < -0.39 is 6.10 Å². The van der Waals surface area contributed by atoms with E-state index in [1.165, 1.54) is 44.9 Å². The fourth-order valence-corrected chi connectivity index (χ4v) is 4.63. The van der Waals surface area contributed by atoms with Crippen LogP contribution in [-0.2, 0) is 0 Å². The van der Waals surface area contributed by atoms with Crippen molar-refractivity contribution in [3.8, 4) is 11.4 Å². The molecule has 0 radical (unpaired) electrons. The molecule has 0 spiro atoms. The summed E-state index contributed by atoms with van der Waals surface area (Å²) >= 11 is 0. The standard InChI is InChI=1S/C25H35N5O/c1-3-4-5-9-16-21(18(2)31)30-17-26-22-24(27-20-14-10-11-15-20)28-23(29-25(22)30)19-12-7-6-8-13-19/h6-8,12-13,17-18,20-21,31H,3-5,9-11,14-16H2,1-2H3,(H,27,28,29)/t18-,21+/m1/s1. The summed E-state index contributed by atoms with van der Waals surface area (Å²) in [5, 5.41) is 14.2. The molecule has 6 nitrogen and oxygen atoms in total. The SMILES string of the molecule is CCCCCC[C@@H]([C@@H](C)O)n1cnc2c(NC3CCCC3)nc(-c3ccccc3)nc21. The Morgan fingerprint density at radius 3 is 2.58 bits per heavy atom. The number of nitrogens with one attached hydrogen (secondary N) is 1. The van der Waals surface area contributed by atoms with E-state index in [0.717, 1.165) is 35.4 Å². The largest absolute Gasteiger partial charge is 0.391 e. The summed E-state index contributed by atoms with van der Waals surface area (Å²) < 4.78 is 2.07. The van der Waals surface area contributed by atoms with Crippen molar-refractivity contribution in [2.75, 3.05) is 5.32 Å². The third-order valence-electron chi connectivity index (χ3n) is 6.42. The van der Waals surface area contributed by atoms with Crippen LogP contribution in [0.1, 0.15) is 77.7 Å². The summed E-state index contributed by atoms with van der Waals surface area (Å²) in [5.74, 6) is 1.51. The summed E-state index contributed by atoms with van der Waals surface area (Å²) in [6.45, 7) is 4.09. The van der Waals surface area contributed by atoms with Crippen LogP contribution in [0.3, 0.4) is 0 Å². The number of aliphatic hydroxyl groups is 1. The van der Waals surface area contributed by atoms with Crippen molar-refractivity contribution < 1.29 is 5.11 Å². The molecular weight excluding hydrogens is 386 g/mol. The molecule has 2 aromatic heterocycles. The summed E-state index contributed by atoms with van der Waals surface area (Å²) in [7, 11) is 0. The van der Waals surface area contributed by atoms with Crippen molar-refractivity contribution in [2.45, 2.75) is 89.8 Å². The van der Waals surface area contributed by atoms with Crippen molar-refractivity contribution in [1.29, 1.82) is 0 Å². The average molecular weight is 422 g/mol. The van der Waals surface area contributed by atoms with Gasteiger partial charge in [-0.05, 0) is 26.2 Å². The minimum absolute atomic E-state index is 0.0419. The molecule has 0 saturated heterocycles. The van der Waals surface area contributed by atoms with Crippen LogP contribution in [0.2, 0.25) is 0 Å². The summed E-state index contributed by atoms with van der Waals surface area (Å²) in [5.41, 5.74) is 2.59. The zero-order valence-electron chi connectivity index (χ0n) is 18.8. The Bertz CT molecular complexity index is 963. The van der Waals surface area contributed by atoms with Crippen molar-refractivity contribution in [3.63, 3.8) is 0 Å². The molecule has 1 aromatic carbocycles. The first-order valence-electron chi connectivity index (χ1n) is 11.9. The molecule has 166 valence electrons. The van der Waals surface area contributed by atoms with Gasteiger partial charge in [0.25, 0.3) is 0 Å². The smallest absolute Gasteiger partial charge is 0.166 e. The topological polar surface area (TPSA) is 75.9 Å². The molecule has 0 bridgehead atoms. The predicted molar refractivity (Wildman–Crippen MR) is 126 cm³/mol. The minimum Gasteiger partial charge on any atom is -0.391 e. The predicted octanol–water partition coefficient (Wildman–Crippen LogP) is 5.74. The highest BCUT2D eigenvalue weighted by atomic mass is 16.3. The van der Waals surface area contributed by atoms with E-state index in [1.807, 2.05) is 43.6 Å². The third-order valence-corrected chi connectivity index (χ3v) is 6.42. The molecule has 1 aliphatic rings. The van der Waals surface area contributed by atoms with Gasteiger partial charge in [0.1, 0.15) is 5.52 Å².